The van der Waals surface area contributed by atoms with Crippen LogP contribution in [0.5, 0.6) is 5.75 Å². The molecule has 0 spiro atoms. The summed E-state index contributed by atoms with van der Waals surface area (Å²) in [6.45, 7) is 8.68. The smallest absolute Gasteiger partial charge is 0.162 e. The Hall–Kier alpha value is -1.39. The average molecular weight is 279 g/mol. The number of ketones is 1. The number of hydrogen-bond acceptors (Lipinski definition) is 4. The number of hydrogen-bond donors (Lipinski definition) is 2. The lowest BCUT2D eigenvalue weighted by molar-refractivity contribution is 0.0983. The van der Waals surface area contributed by atoms with Crippen LogP contribution < -0.4 is 10.1 Å². The van der Waals surface area contributed by atoms with Gasteiger partial charge in [0.05, 0.1) is 0 Å². The van der Waals surface area contributed by atoms with E-state index in [1.54, 1.807) is 24.3 Å². The van der Waals surface area contributed by atoms with Crippen LogP contribution in [0.25, 0.3) is 0 Å². The number of carbonyl (C=O) groups excluding carboxylic acids is 1. The maximum Gasteiger partial charge on any atom is 0.162 e. The van der Waals surface area contributed by atoms with E-state index in [-0.39, 0.29) is 17.9 Å². The normalized spacial score (nSPS) is 13.1. The molecule has 4 heteroatoms. The highest BCUT2D eigenvalue weighted by atomic mass is 16.5. The predicted molar refractivity (Wildman–Crippen MR) is 80.3 cm³/mol. The summed E-state index contributed by atoms with van der Waals surface area (Å²) in [5.41, 5.74) is 0.665. The third-order valence-electron chi connectivity index (χ3n) is 2.81. The molecule has 0 aliphatic carbocycles. The topological polar surface area (TPSA) is 58.6 Å². The van der Waals surface area contributed by atoms with Crippen LogP contribution in [0, 0.1) is 0 Å². The number of benzene rings is 1. The number of Topliss-reactive ketones (excluding diaryl/α,β-unsaturated/α-hetero) is 1. The molecular formula is C16H25NO3. The molecule has 0 radical (unpaired) electrons. The van der Waals surface area contributed by atoms with Crippen molar-refractivity contribution in [3.8, 4) is 5.75 Å². The number of ether oxygens (including phenoxy) is 1. The molecule has 2 N–H and O–H groups in total. The SMILES string of the molecule is CCC(=O)c1ccc(OC[C@H](O)CNC(C)(C)C)cc1. The van der Waals surface area contributed by atoms with Crippen molar-refractivity contribution in [2.75, 3.05) is 13.2 Å². The van der Waals surface area contributed by atoms with Crippen LogP contribution >= 0.6 is 0 Å². The molecule has 1 aromatic carbocycles. The van der Waals surface area contributed by atoms with Gasteiger partial charge in [0, 0.05) is 24.1 Å². The van der Waals surface area contributed by atoms with Gasteiger partial charge in [-0.25, -0.2) is 0 Å². The fourth-order valence-electron chi connectivity index (χ4n) is 1.62. The Morgan fingerprint density at radius 1 is 1.30 bits per heavy atom. The minimum Gasteiger partial charge on any atom is -0.491 e. The van der Waals surface area contributed by atoms with Gasteiger partial charge in [-0.2, -0.15) is 0 Å². The van der Waals surface area contributed by atoms with Crippen LogP contribution in [0.3, 0.4) is 0 Å². The zero-order chi connectivity index (χ0) is 15.2. The van der Waals surface area contributed by atoms with E-state index in [1.165, 1.54) is 0 Å². The highest BCUT2D eigenvalue weighted by Gasteiger charge is 2.12. The van der Waals surface area contributed by atoms with Crippen LogP contribution in [0.4, 0.5) is 0 Å². The van der Waals surface area contributed by atoms with Crippen molar-refractivity contribution >= 4 is 5.78 Å². The fraction of sp³-hybridized carbons (Fsp3) is 0.562. The Morgan fingerprint density at radius 3 is 2.40 bits per heavy atom. The summed E-state index contributed by atoms with van der Waals surface area (Å²) < 4.78 is 5.50. The number of β-amino-alcohol motifs (C(OH)–C–C–N with tert-alkyl or cyclic N) is 1. The first-order valence-corrected chi connectivity index (χ1v) is 7.01. The van der Waals surface area contributed by atoms with Crippen LogP contribution in [-0.4, -0.2) is 35.7 Å². The number of nitrogens with one attached hydrogen (secondary N) is 1. The second-order valence-electron chi connectivity index (χ2n) is 5.90. The lowest BCUT2D eigenvalue weighted by Crippen LogP contribution is -2.42. The molecular weight excluding hydrogens is 254 g/mol. The van der Waals surface area contributed by atoms with E-state index in [2.05, 4.69) is 5.32 Å². The molecule has 112 valence electrons. The van der Waals surface area contributed by atoms with Gasteiger partial charge in [-0.15, -0.1) is 0 Å². The van der Waals surface area contributed by atoms with Crippen molar-refractivity contribution in [1.29, 1.82) is 0 Å². The van der Waals surface area contributed by atoms with Crippen molar-refractivity contribution < 1.29 is 14.6 Å². The van der Waals surface area contributed by atoms with Crippen molar-refractivity contribution in [2.24, 2.45) is 0 Å². The Bertz CT molecular complexity index is 420. The molecule has 1 atom stereocenters. The molecule has 1 aromatic rings. The summed E-state index contributed by atoms with van der Waals surface area (Å²) >= 11 is 0. The number of aliphatic hydroxyl groups is 1. The lowest BCUT2D eigenvalue weighted by atomic mass is 10.1. The van der Waals surface area contributed by atoms with Gasteiger partial charge >= 0.3 is 0 Å². The number of rotatable bonds is 7. The minimum absolute atomic E-state index is 0.0247. The van der Waals surface area contributed by atoms with E-state index in [0.29, 0.717) is 24.3 Å². The molecule has 0 aliphatic heterocycles. The maximum absolute atomic E-state index is 11.5. The third-order valence-corrected chi connectivity index (χ3v) is 2.81. The molecule has 0 aliphatic rings. The van der Waals surface area contributed by atoms with Gasteiger partial charge in [0.1, 0.15) is 18.5 Å². The molecule has 0 fully saturated rings. The first kappa shape index (κ1) is 16.7. The van der Waals surface area contributed by atoms with E-state index < -0.39 is 6.10 Å². The Morgan fingerprint density at radius 2 is 1.90 bits per heavy atom. The van der Waals surface area contributed by atoms with Crippen molar-refractivity contribution in [2.45, 2.75) is 45.8 Å². The molecule has 0 saturated carbocycles. The zero-order valence-corrected chi connectivity index (χ0v) is 12.8. The summed E-state index contributed by atoms with van der Waals surface area (Å²) in [6.07, 6.45) is -0.0663. The predicted octanol–water partition coefficient (Wildman–Crippen LogP) is 2.41. The zero-order valence-electron chi connectivity index (χ0n) is 12.8. The molecule has 4 nitrogen and oxygen atoms in total. The Labute approximate surface area is 121 Å². The van der Waals surface area contributed by atoms with Crippen LogP contribution in [-0.2, 0) is 0 Å². The van der Waals surface area contributed by atoms with E-state index >= 15 is 0 Å². The van der Waals surface area contributed by atoms with Gasteiger partial charge in [0.2, 0.25) is 0 Å². The second kappa shape index (κ2) is 7.41. The maximum atomic E-state index is 11.5. The summed E-state index contributed by atoms with van der Waals surface area (Å²) in [6, 6.07) is 7.02. The van der Waals surface area contributed by atoms with Crippen LogP contribution in [0.2, 0.25) is 0 Å². The van der Waals surface area contributed by atoms with E-state index in [1.807, 2.05) is 27.7 Å². The summed E-state index contributed by atoms with van der Waals surface area (Å²) in [5, 5.41) is 13.0. The minimum atomic E-state index is -0.564. The summed E-state index contributed by atoms with van der Waals surface area (Å²) in [4.78, 5) is 11.5. The summed E-state index contributed by atoms with van der Waals surface area (Å²) in [7, 11) is 0. The highest BCUT2D eigenvalue weighted by molar-refractivity contribution is 5.95. The first-order chi connectivity index (χ1) is 9.31. The molecule has 0 bridgehead atoms. The van der Waals surface area contributed by atoms with Gasteiger partial charge in [0.25, 0.3) is 0 Å². The molecule has 0 unspecified atom stereocenters. The second-order valence-corrected chi connectivity index (χ2v) is 5.90. The molecule has 0 heterocycles. The van der Waals surface area contributed by atoms with Gasteiger partial charge in [-0.05, 0) is 45.0 Å². The van der Waals surface area contributed by atoms with Crippen LogP contribution in [0.15, 0.2) is 24.3 Å². The standard InChI is InChI=1S/C16H25NO3/c1-5-15(19)12-6-8-14(9-7-12)20-11-13(18)10-17-16(2,3)4/h6-9,13,17-18H,5,10-11H2,1-4H3/t13-/m1/s1. The number of aliphatic hydroxyl groups excluding tert-OH is 1. The van der Waals surface area contributed by atoms with Gasteiger partial charge in [0.15, 0.2) is 5.78 Å². The van der Waals surface area contributed by atoms with Gasteiger partial charge in [-0.1, -0.05) is 6.92 Å². The monoisotopic (exact) mass is 279 g/mol. The van der Waals surface area contributed by atoms with Crippen LogP contribution in [0.1, 0.15) is 44.5 Å². The quantitative estimate of drug-likeness (QED) is 0.753. The molecule has 20 heavy (non-hydrogen) atoms. The van der Waals surface area contributed by atoms with Crippen molar-refractivity contribution in [3.05, 3.63) is 29.8 Å². The Kier molecular flexibility index (Phi) is 6.17. The Balaban J connectivity index is 2.40. The molecule has 0 saturated heterocycles. The lowest BCUT2D eigenvalue weighted by Gasteiger charge is -2.22. The molecule has 1 rings (SSSR count). The number of carbonyl (C=O) groups is 1. The van der Waals surface area contributed by atoms with E-state index in [4.69, 9.17) is 4.74 Å². The van der Waals surface area contributed by atoms with E-state index in [9.17, 15) is 9.90 Å². The van der Waals surface area contributed by atoms with Gasteiger partial charge in [-0.3, -0.25) is 4.79 Å². The average Bonchev–Trinajstić information content (AvgIpc) is 2.41. The van der Waals surface area contributed by atoms with E-state index in [0.717, 1.165) is 0 Å². The molecule has 0 aromatic heterocycles. The van der Waals surface area contributed by atoms with Crippen molar-refractivity contribution in [1.82, 2.24) is 5.32 Å². The van der Waals surface area contributed by atoms with Gasteiger partial charge < -0.3 is 15.2 Å². The molecule has 0 amide bonds. The third kappa shape index (κ3) is 6.17. The van der Waals surface area contributed by atoms with Crippen molar-refractivity contribution in [3.63, 3.8) is 0 Å². The largest absolute Gasteiger partial charge is 0.491 e. The highest BCUT2D eigenvalue weighted by Crippen LogP contribution is 2.13. The fourth-order valence-corrected chi connectivity index (χ4v) is 1.62. The summed E-state index contributed by atoms with van der Waals surface area (Å²) in [5.74, 6) is 0.776. The first-order valence-electron chi connectivity index (χ1n) is 7.01.